The van der Waals surface area contributed by atoms with Crippen molar-refractivity contribution in [3.05, 3.63) is 23.8 Å². The van der Waals surface area contributed by atoms with E-state index in [1.165, 1.54) is 0 Å². The highest BCUT2D eigenvalue weighted by molar-refractivity contribution is 5.43. The SMILES string of the molecule is COc1ccc2c(c1)C(NC(C)CC(C)O)CCO2. The Labute approximate surface area is 114 Å². The molecule has 106 valence electrons. The molecule has 0 amide bonds. The Morgan fingerprint density at radius 1 is 1.47 bits per heavy atom. The van der Waals surface area contributed by atoms with E-state index in [-0.39, 0.29) is 18.2 Å². The lowest BCUT2D eigenvalue weighted by atomic mass is 9.98. The zero-order valence-electron chi connectivity index (χ0n) is 11.8. The number of aliphatic hydroxyl groups excluding tert-OH is 1. The molecule has 3 atom stereocenters. The quantitative estimate of drug-likeness (QED) is 0.857. The van der Waals surface area contributed by atoms with Crippen molar-refractivity contribution in [3.63, 3.8) is 0 Å². The van der Waals surface area contributed by atoms with E-state index in [4.69, 9.17) is 9.47 Å². The Morgan fingerprint density at radius 3 is 2.95 bits per heavy atom. The second-order valence-corrected chi connectivity index (χ2v) is 5.25. The molecule has 1 aliphatic heterocycles. The fourth-order valence-corrected chi connectivity index (χ4v) is 2.60. The average Bonchev–Trinajstić information content (AvgIpc) is 2.37. The number of fused-ring (bicyclic) bond motifs is 1. The number of benzene rings is 1. The van der Waals surface area contributed by atoms with Crippen molar-refractivity contribution in [3.8, 4) is 11.5 Å². The van der Waals surface area contributed by atoms with E-state index >= 15 is 0 Å². The molecular weight excluding hydrogens is 242 g/mol. The third-order valence-electron chi connectivity index (χ3n) is 3.44. The van der Waals surface area contributed by atoms with Gasteiger partial charge in [-0.2, -0.15) is 0 Å². The van der Waals surface area contributed by atoms with Crippen molar-refractivity contribution in [2.75, 3.05) is 13.7 Å². The number of hydrogen-bond donors (Lipinski definition) is 2. The summed E-state index contributed by atoms with van der Waals surface area (Å²) in [5, 5.41) is 13.0. The van der Waals surface area contributed by atoms with Crippen LogP contribution in [0.3, 0.4) is 0 Å². The van der Waals surface area contributed by atoms with Crippen LogP contribution in [0.2, 0.25) is 0 Å². The minimum Gasteiger partial charge on any atom is -0.497 e. The summed E-state index contributed by atoms with van der Waals surface area (Å²) in [6, 6.07) is 6.43. The lowest BCUT2D eigenvalue weighted by Gasteiger charge is -2.30. The van der Waals surface area contributed by atoms with Crippen LogP contribution in [0, 0.1) is 0 Å². The maximum Gasteiger partial charge on any atom is 0.124 e. The van der Waals surface area contributed by atoms with Crippen LogP contribution in [-0.4, -0.2) is 31.0 Å². The average molecular weight is 265 g/mol. The molecule has 4 nitrogen and oxygen atoms in total. The van der Waals surface area contributed by atoms with Crippen LogP contribution in [0.4, 0.5) is 0 Å². The van der Waals surface area contributed by atoms with E-state index in [2.05, 4.69) is 12.2 Å². The summed E-state index contributed by atoms with van der Waals surface area (Å²) < 4.78 is 10.9. The van der Waals surface area contributed by atoms with Gasteiger partial charge in [0.1, 0.15) is 11.5 Å². The third kappa shape index (κ3) is 3.61. The first kappa shape index (κ1) is 14.2. The van der Waals surface area contributed by atoms with Gasteiger partial charge >= 0.3 is 0 Å². The molecule has 3 unspecified atom stereocenters. The van der Waals surface area contributed by atoms with Crippen LogP contribution in [0.5, 0.6) is 11.5 Å². The predicted molar refractivity (Wildman–Crippen MR) is 74.7 cm³/mol. The van der Waals surface area contributed by atoms with Gasteiger partial charge in [-0.25, -0.2) is 0 Å². The second kappa shape index (κ2) is 6.26. The van der Waals surface area contributed by atoms with Gasteiger partial charge in [0.2, 0.25) is 0 Å². The van der Waals surface area contributed by atoms with Crippen molar-refractivity contribution >= 4 is 0 Å². The van der Waals surface area contributed by atoms with Crippen LogP contribution in [-0.2, 0) is 0 Å². The fourth-order valence-electron chi connectivity index (χ4n) is 2.60. The number of aliphatic hydroxyl groups is 1. The molecule has 0 fully saturated rings. The van der Waals surface area contributed by atoms with Crippen LogP contribution < -0.4 is 14.8 Å². The minimum absolute atomic E-state index is 0.257. The van der Waals surface area contributed by atoms with Gasteiger partial charge < -0.3 is 19.9 Å². The summed E-state index contributed by atoms with van der Waals surface area (Å²) >= 11 is 0. The predicted octanol–water partition coefficient (Wildman–Crippen LogP) is 2.27. The molecule has 2 N–H and O–H groups in total. The summed E-state index contributed by atoms with van der Waals surface area (Å²) in [5.41, 5.74) is 1.14. The van der Waals surface area contributed by atoms with Gasteiger partial charge in [0.15, 0.2) is 0 Å². The highest BCUT2D eigenvalue weighted by Crippen LogP contribution is 2.35. The zero-order chi connectivity index (χ0) is 13.8. The molecule has 1 heterocycles. The van der Waals surface area contributed by atoms with Gasteiger partial charge in [0, 0.05) is 24.1 Å². The number of hydrogen-bond acceptors (Lipinski definition) is 4. The molecular formula is C15H23NO3. The standard InChI is InChI=1S/C15H23NO3/c1-10(8-11(2)17)16-14-6-7-19-15-5-4-12(18-3)9-13(14)15/h4-5,9-11,14,16-17H,6-8H2,1-3H3. The molecule has 0 aromatic heterocycles. The van der Waals surface area contributed by atoms with E-state index in [9.17, 15) is 5.11 Å². The van der Waals surface area contributed by atoms with E-state index < -0.39 is 0 Å². The molecule has 19 heavy (non-hydrogen) atoms. The molecule has 1 aromatic rings. The summed E-state index contributed by atoms with van der Waals surface area (Å²) in [6.45, 7) is 4.64. The van der Waals surface area contributed by atoms with Crippen LogP contribution in [0.1, 0.15) is 38.3 Å². The van der Waals surface area contributed by atoms with Gasteiger partial charge in [0.25, 0.3) is 0 Å². The molecule has 0 bridgehead atoms. The minimum atomic E-state index is -0.285. The van der Waals surface area contributed by atoms with Gasteiger partial charge in [-0.3, -0.25) is 0 Å². The number of methoxy groups -OCH3 is 1. The van der Waals surface area contributed by atoms with Crippen molar-refractivity contribution in [1.82, 2.24) is 5.32 Å². The first-order valence-corrected chi connectivity index (χ1v) is 6.85. The maximum absolute atomic E-state index is 9.45. The lowest BCUT2D eigenvalue weighted by Crippen LogP contribution is -2.35. The molecule has 0 saturated heterocycles. The molecule has 4 heteroatoms. The van der Waals surface area contributed by atoms with E-state index in [1.807, 2.05) is 25.1 Å². The normalized spacial score (nSPS) is 21.2. The smallest absolute Gasteiger partial charge is 0.124 e. The van der Waals surface area contributed by atoms with E-state index in [0.29, 0.717) is 0 Å². The largest absolute Gasteiger partial charge is 0.497 e. The molecule has 1 aliphatic rings. The second-order valence-electron chi connectivity index (χ2n) is 5.25. The Bertz CT molecular complexity index is 420. The van der Waals surface area contributed by atoms with E-state index in [1.54, 1.807) is 7.11 Å². The molecule has 0 saturated carbocycles. The first-order valence-electron chi connectivity index (χ1n) is 6.85. The van der Waals surface area contributed by atoms with Gasteiger partial charge in [-0.15, -0.1) is 0 Å². The highest BCUT2D eigenvalue weighted by atomic mass is 16.5. The topological polar surface area (TPSA) is 50.7 Å². The molecule has 0 aliphatic carbocycles. The summed E-state index contributed by atoms with van der Waals surface area (Å²) in [6.07, 6.45) is 1.40. The van der Waals surface area contributed by atoms with E-state index in [0.717, 1.165) is 36.5 Å². The Balaban J connectivity index is 2.12. The summed E-state index contributed by atoms with van der Waals surface area (Å²) in [7, 11) is 1.67. The summed E-state index contributed by atoms with van der Waals surface area (Å²) in [5.74, 6) is 1.77. The molecule has 1 aromatic carbocycles. The number of ether oxygens (including phenoxy) is 2. The molecule has 2 rings (SSSR count). The van der Waals surface area contributed by atoms with Gasteiger partial charge in [-0.1, -0.05) is 0 Å². The fraction of sp³-hybridized carbons (Fsp3) is 0.600. The number of nitrogens with one attached hydrogen (secondary N) is 1. The third-order valence-corrected chi connectivity index (χ3v) is 3.44. The maximum atomic E-state index is 9.45. The monoisotopic (exact) mass is 265 g/mol. The van der Waals surface area contributed by atoms with Gasteiger partial charge in [0.05, 0.1) is 19.8 Å². The Hall–Kier alpha value is -1.26. The van der Waals surface area contributed by atoms with Crippen LogP contribution in [0.25, 0.3) is 0 Å². The van der Waals surface area contributed by atoms with Crippen molar-refractivity contribution in [2.45, 2.75) is 44.9 Å². The first-order chi connectivity index (χ1) is 9.10. The molecule has 0 spiro atoms. The Morgan fingerprint density at radius 2 is 2.26 bits per heavy atom. The molecule has 0 radical (unpaired) electrons. The highest BCUT2D eigenvalue weighted by Gasteiger charge is 2.23. The van der Waals surface area contributed by atoms with Crippen LogP contribution >= 0.6 is 0 Å². The summed E-state index contributed by atoms with van der Waals surface area (Å²) in [4.78, 5) is 0. The van der Waals surface area contributed by atoms with Crippen molar-refractivity contribution in [1.29, 1.82) is 0 Å². The van der Waals surface area contributed by atoms with Crippen molar-refractivity contribution in [2.24, 2.45) is 0 Å². The Kier molecular flexibility index (Phi) is 4.66. The zero-order valence-corrected chi connectivity index (χ0v) is 11.8. The lowest BCUT2D eigenvalue weighted by molar-refractivity contribution is 0.163. The number of rotatable bonds is 5. The van der Waals surface area contributed by atoms with Crippen molar-refractivity contribution < 1.29 is 14.6 Å². The van der Waals surface area contributed by atoms with Gasteiger partial charge in [-0.05, 0) is 38.5 Å². The van der Waals surface area contributed by atoms with Crippen LogP contribution in [0.15, 0.2) is 18.2 Å².